The summed E-state index contributed by atoms with van der Waals surface area (Å²) >= 11 is 0. The largest absolute Gasteiger partial charge is 0.391 e. The zero-order valence-corrected chi connectivity index (χ0v) is 17.0. The van der Waals surface area contributed by atoms with Gasteiger partial charge in [0.15, 0.2) is 0 Å². The molecule has 6 atom stereocenters. The summed E-state index contributed by atoms with van der Waals surface area (Å²) in [5.74, 6) is 0. The van der Waals surface area contributed by atoms with Crippen LogP contribution in [0.4, 0.5) is 0 Å². The Bertz CT molecular complexity index is 294. The van der Waals surface area contributed by atoms with Crippen LogP contribution in [0.5, 0.6) is 0 Å². The third-order valence-electron chi connectivity index (χ3n) is 3.08. The van der Waals surface area contributed by atoms with Crippen molar-refractivity contribution < 1.29 is 44.1 Å². The molecule has 0 aromatic heterocycles. The van der Waals surface area contributed by atoms with E-state index in [0.717, 1.165) is 0 Å². The fraction of sp³-hybridized carbons (Fsp3) is 1.00. The van der Waals surface area contributed by atoms with E-state index in [-0.39, 0.29) is 52.9 Å². The van der Waals surface area contributed by atoms with Gasteiger partial charge < -0.3 is 44.1 Å². The van der Waals surface area contributed by atoms with E-state index in [2.05, 4.69) is 0 Å². The normalized spacial score (nSPS) is 18.7. The molecule has 0 amide bonds. The molecule has 0 rings (SSSR count). The van der Waals surface area contributed by atoms with Crippen molar-refractivity contribution in [2.45, 2.75) is 64.3 Å². The Morgan fingerprint density at radius 2 is 0.704 bits per heavy atom. The number of ether oxygens (including phenoxy) is 5. The molecule has 0 radical (unpaired) electrons. The summed E-state index contributed by atoms with van der Waals surface area (Å²) in [5, 5.41) is 37.2. The molecular weight excluding hydrogens is 360 g/mol. The van der Waals surface area contributed by atoms with E-state index in [1.54, 1.807) is 27.7 Å². The van der Waals surface area contributed by atoms with E-state index < -0.39 is 36.6 Å². The van der Waals surface area contributed by atoms with Gasteiger partial charge in [-0.05, 0) is 27.7 Å². The van der Waals surface area contributed by atoms with Gasteiger partial charge in [-0.15, -0.1) is 0 Å². The molecule has 0 aliphatic rings. The summed E-state index contributed by atoms with van der Waals surface area (Å²) in [4.78, 5) is 0. The first kappa shape index (κ1) is 26.6. The first-order valence-electron chi connectivity index (χ1n) is 9.39. The third kappa shape index (κ3) is 18.8. The summed E-state index contributed by atoms with van der Waals surface area (Å²) in [7, 11) is 0. The average molecular weight is 398 g/mol. The van der Waals surface area contributed by atoms with Gasteiger partial charge in [0.25, 0.3) is 0 Å². The highest BCUT2D eigenvalue weighted by molar-refractivity contribution is 4.62. The first-order chi connectivity index (χ1) is 12.7. The molecule has 0 aliphatic heterocycles. The molecule has 4 N–H and O–H groups in total. The van der Waals surface area contributed by atoms with Crippen molar-refractivity contribution in [1.82, 2.24) is 0 Å². The van der Waals surface area contributed by atoms with Gasteiger partial charge in [-0.1, -0.05) is 0 Å². The van der Waals surface area contributed by atoms with Gasteiger partial charge in [-0.3, -0.25) is 0 Å². The van der Waals surface area contributed by atoms with Crippen LogP contribution in [0.2, 0.25) is 0 Å². The molecule has 0 aromatic rings. The highest BCUT2D eigenvalue weighted by atomic mass is 16.6. The van der Waals surface area contributed by atoms with Crippen LogP contribution >= 0.6 is 0 Å². The Labute approximate surface area is 162 Å². The van der Waals surface area contributed by atoms with Crippen LogP contribution in [0.15, 0.2) is 0 Å². The van der Waals surface area contributed by atoms with E-state index in [1.807, 2.05) is 0 Å². The Morgan fingerprint density at radius 3 is 0.963 bits per heavy atom. The Kier molecular flexibility index (Phi) is 16.4. The van der Waals surface area contributed by atoms with Gasteiger partial charge in [-0.2, -0.15) is 0 Å². The van der Waals surface area contributed by atoms with Crippen molar-refractivity contribution in [3.8, 4) is 0 Å². The Balaban J connectivity index is 4.34. The molecule has 27 heavy (non-hydrogen) atoms. The maximum absolute atomic E-state index is 9.37. The van der Waals surface area contributed by atoms with E-state index in [0.29, 0.717) is 0 Å². The fourth-order valence-electron chi connectivity index (χ4n) is 1.91. The number of hydrogen-bond acceptors (Lipinski definition) is 9. The number of rotatable bonds is 18. The van der Waals surface area contributed by atoms with Crippen molar-refractivity contribution in [2.75, 3.05) is 52.9 Å². The maximum Gasteiger partial charge on any atom is 0.104 e. The fourth-order valence-corrected chi connectivity index (χ4v) is 1.91. The summed E-state index contributed by atoms with van der Waals surface area (Å²) in [6.07, 6.45) is -3.19. The van der Waals surface area contributed by atoms with Gasteiger partial charge in [0, 0.05) is 0 Å². The lowest BCUT2D eigenvalue weighted by Crippen LogP contribution is -2.34. The van der Waals surface area contributed by atoms with Crippen LogP contribution in [0.3, 0.4) is 0 Å². The molecule has 9 nitrogen and oxygen atoms in total. The maximum atomic E-state index is 9.37. The van der Waals surface area contributed by atoms with Gasteiger partial charge >= 0.3 is 0 Å². The Morgan fingerprint density at radius 1 is 0.444 bits per heavy atom. The zero-order chi connectivity index (χ0) is 20.7. The quantitative estimate of drug-likeness (QED) is 0.238. The van der Waals surface area contributed by atoms with E-state index >= 15 is 0 Å². The molecule has 0 spiro atoms. The standard InChI is InChI=1S/C18H38O9/c1-13(19)5-23-9-17(26-7-15(3)21)11-25-12-18(27-8-16(4)22)10-24-6-14(2)20/h13-22H,5-12H2,1-4H3. The number of hydrogen-bond donors (Lipinski definition) is 4. The minimum Gasteiger partial charge on any atom is -0.391 e. The highest BCUT2D eigenvalue weighted by Gasteiger charge is 2.16. The van der Waals surface area contributed by atoms with Crippen LogP contribution in [-0.4, -0.2) is 110 Å². The SMILES string of the molecule is CC(O)COCC(COCC(COCC(C)O)OCC(C)O)OCC(C)O. The van der Waals surface area contributed by atoms with Gasteiger partial charge in [0.1, 0.15) is 12.2 Å². The zero-order valence-electron chi connectivity index (χ0n) is 17.0. The minimum absolute atomic E-state index is 0.144. The number of aliphatic hydroxyl groups excluding tert-OH is 4. The van der Waals surface area contributed by atoms with Gasteiger partial charge in [0.05, 0.1) is 77.3 Å². The van der Waals surface area contributed by atoms with Crippen molar-refractivity contribution in [1.29, 1.82) is 0 Å². The topological polar surface area (TPSA) is 127 Å². The lowest BCUT2D eigenvalue weighted by Gasteiger charge is -2.23. The third-order valence-corrected chi connectivity index (χ3v) is 3.08. The molecule has 6 unspecified atom stereocenters. The summed E-state index contributed by atoms with van der Waals surface area (Å²) < 4.78 is 27.5. The van der Waals surface area contributed by atoms with Crippen LogP contribution in [0.25, 0.3) is 0 Å². The molecule has 0 saturated carbocycles. The van der Waals surface area contributed by atoms with Gasteiger partial charge in [0.2, 0.25) is 0 Å². The minimum atomic E-state index is -0.611. The summed E-state index contributed by atoms with van der Waals surface area (Å²) in [5.41, 5.74) is 0. The second-order valence-electron chi connectivity index (χ2n) is 6.92. The molecule has 0 heterocycles. The second kappa shape index (κ2) is 16.6. The number of aliphatic hydroxyl groups is 4. The molecule has 0 saturated heterocycles. The smallest absolute Gasteiger partial charge is 0.104 e. The van der Waals surface area contributed by atoms with Crippen LogP contribution in [0.1, 0.15) is 27.7 Å². The highest BCUT2D eigenvalue weighted by Crippen LogP contribution is 2.02. The van der Waals surface area contributed by atoms with Crippen LogP contribution in [0, 0.1) is 0 Å². The van der Waals surface area contributed by atoms with Crippen molar-refractivity contribution in [3.05, 3.63) is 0 Å². The van der Waals surface area contributed by atoms with E-state index in [1.165, 1.54) is 0 Å². The van der Waals surface area contributed by atoms with Crippen molar-refractivity contribution in [3.63, 3.8) is 0 Å². The average Bonchev–Trinajstić information content (AvgIpc) is 2.55. The molecule has 0 bridgehead atoms. The molecule has 9 heteroatoms. The lowest BCUT2D eigenvalue weighted by molar-refractivity contribution is -0.115. The Hall–Kier alpha value is -0.360. The summed E-state index contributed by atoms with van der Waals surface area (Å²) in [6.45, 7) is 7.99. The predicted molar refractivity (Wildman–Crippen MR) is 98.7 cm³/mol. The summed E-state index contributed by atoms with van der Waals surface area (Å²) in [6, 6.07) is 0. The molecule has 0 fully saturated rings. The van der Waals surface area contributed by atoms with Crippen molar-refractivity contribution in [2.24, 2.45) is 0 Å². The predicted octanol–water partition coefficient (Wildman–Crippen LogP) is -0.670. The first-order valence-corrected chi connectivity index (χ1v) is 9.39. The van der Waals surface area contributed by atoms with Crippen molar-refractivity contribution >= 4 is 0 Å². The molecule has 164 valence electrons. The second-order valence-corrected chi connectivity index (χ2v) is 6.92. The molecule has 0 aliphatic carbocycles. The van der Waals surface area contributed by atoms with Crippen LogP contribution in [-0.2, 0) is 23.7 Å². The van der Waals surface area contributed by atoms with E-state index in [4.69, 9.17) is 23.7 Å². The van der Waals surface area contributed by atoms with Gasteiger partial charge in [-0.25, -0.2) is 0 Å². The molecule has 0 aromatic carbocycles. The van der Waals surface area contributed by atoms with Crippen LogP contribution < -0.4 is 0 Å². The monoisotopic (exact) mass is 398 g/mol. The lowest BCUT2D eigenvalue weighted by atomic mass is 10.3. The van der Waals surface area contributed by atoms with E-state index in [9.17, 15) is 20.4 Å². The molecular formula is C18H38O9.